The van der Waals surface area contributed by atoms with Gasteiger partial charge in [-0.15, -0.1) is 0 Å². The molecule has 0 aromatic carbocycles. The first-order valence-electron chi connectivity index (χ1n) is 5.89. The van der Waals surface area contributed by atoms with Crippen LogP contribution in [0.15, 0.2) is 30.7 Å². The van der Waals surface area contributed by atoms with E-state index in [-0.39, 0.29) is 0 Å². The Morgan fingerprint density at radius 2 is 2.18 bits per heavy atom. The van der Waals surface area contributed by atoms with E-state index in [1.165, 1.54) is 0 Å². The van der Waals surface area contributed by atoms with Crippen LogP contribution in [0.25, 0.3) is 5.69 Å². The van der Waals surface area contributed by atoms with Crippen LogP contribution < -0.4 is 0 Å². The molecule has 0 radical (unpaired) electrons. The van der Waals surface area contributed by atoms with Crippen molar-refractivity contribution < 1.29 is 5.11 Å². The molecule has 90 valence electrons. The largest absolute Gasteiger partial charge is 0.387 e. The molecular formula is C13H17N3O. The van der Waals surface area contributed by atoms with E-state index < -0.39 is 6.10 Å². The summed E-state index contributed by atoms with van der Waals surface area (Å²) in [7, 11) is 0. The molecule has 2 aromatic heterocycles. The van der Waals surface area contributed by atoms with Crippen molar-refractivity contribution in [3.8, 4) is 5.69 Å². The second-order valence-corrected chi connectivity index (χ2v) is 4.08. The van der Waals surface area contributed by atoms with Gasteiger partial charge >= 0.3 is 0 Å². The Hall–Kier alpha value is -1.68. The van der Waals surface area contributed by atoms with Gasteiger partial charge in [0.2, 0.25) is 0 Å². The van der Waals surface area contributed by atoms with Crippen molar-refractivity contribution in [2.45, 2.75) is 32.8 Å². The Morgan fingerprint density at radius 3 is 2.76 bits per heavy atom. The van der Waals surface area contributed by atoms with E-state index in [1.54, 1.807) is 19.3 Å². The lowest BCUT2D eigenvalue weighted by molar-refractivity contribution is 0.194. The molecule has 0 saturated carbocycles. The van der Waals surface area contributed by atoms with Crippen LogP contribution in [0.5, 0.6) is 0 Å². The summed E-state index contributed by atoms with van der Waals surface area (Å²) in [6.07, 6.45) is 6.99. The molecule has 4 nitrogen and oxygen atoms in total. The summed E-state index contributed by atoms with van der Waals surface area (Å²) < 4.78 is 2.03. The maximum absolute atomic E-state index is 9.40. The van der Waals surface area contributed by atoms with Gasteiger partial charge in [-0.2, -0.15) is 0 Å². The van der Waals surface area contributed by atoms with Crippen molar-refractivity contribution >= 4 is 0 Å². The molecule has 0 spiro atoms. The SMILES string of the molecule is CCCc1nccn1-c1ccc([C@H](C)O)nc1. The second-order valence-electron chi connectivity index (χ2n) is 4.08. The van der Waals surface area contributed by atoms with Crippen LogP contribution in [-0.2, 0) is 6.42 Å². The predicted octanol–water partition coefficient (Wildman–Crippen LogP) is 2.27. The molecular weight excluding hydrogens is 214 g/mol. The maximum atomic E-state index is 9.40. The fourth-order valence-corrected chi connectivity index (χ4v) is 1.77. The number of aliphatic hydroxyl groups excluding tert-OH is 1. The van der Waals surface area contributed by atoms with Gasteiger partial charge in [0.05, 0.1) is 23.7 Å². The third-order valence-electron chi connectivity index (χ3n) is 2.67. The Labute approximate surface area is 101 Å². The summed E-state index contributed by atoms with van der Waals surface area (Å²) in [6, 6.07) is 3.80. The topological polar surface area (TPSA) is 50.9 Å². The van der Waals surface area contributed by atoms with Crippen molar-refractivity contribution in [2.24, 2.45) is 0 Å². The first-order chi connectivity index (χ1) is 8.22. The molecule has 0 aliphatic rings. The summed E-state index contributed by atoms with van der Waals surface area (Å²) >= 11 is 0. The Kier molecular flexibility index (Phi) is 3.54. The Bertz CT molecular complexity index is 474. The Balaban J connectivity index is 2.30. The normalized spacial score (nSPS) is 12.6. The molecule has 0 aliphatic heterocycles. The zero-order valence-electron chi connectivity index (χ0n) is 10.2. The van der Waals surface area contributed by atoms with E-state index in [1.807, 2.05) is 22.9 Å². The van der Waals surface area contributed by atoms with E-state index in [2.05, 4.69) is 16.9 Å². The van der Waals surface area contributed by atoms with Gasteiger partial charge in [0, 0.05) is 18.8 Å². The molecule has 1 atom stereocenters. The number of nitrogens with zero attached hydrogens (tertiary/aromatic N) is 3. The van der Waals surface area contributed by atoms with Gasteiger partial charge in [0.15, 0.2) is 0 Å². The molecule has 1 N–H and O–H groups in total. The van der Waals surface area contributed by atoms with E-state index in [0.29, 0.717) is 5.69 Å². The number of hydrogen-bond acceptors (Lipinski definition) is 3. The van der Waals surface area contributed by atoms with Crippen molar-refractivity contribution in [1.82, 2.24) is 14.5 Å². The molecule has 0 saturated heterocycles. The van der Waals surface area contributed by atoms with Gasteiger partial charge in [-0.05, 0) is 25.5 Å². The fourth-order valence-electron chi connectivity index (χ4n) is 1.77. The lowest BCUT2D eigenvalue weighted by atomic mass is 10.2. The van der Waals surface area contributed by atoms with Crippen LogP contribution in [-0.4, -0.2) is 19.6 Å². The number of imidazole rings is 1. The molecule has 0 unspecified atom stereocenters. The summed E-state index contributed by atoms with van der Waals surface area (Å²) in [5, 5.41) is 9.40. The molecule has 17 heavy (non-hydrogen) atoms. The summed E-state index contributed by atoms with van der Waals surface area (Å²) in [5.74, 6) is 1.04. The third kappa shape index (κ3) is 2.53. The smallest absolute Gasteiger partial charge is 0.113 e. The van der Waals surface area contributed by atoms with Crippen LogP contribution >= 0.6 is 0 Å². The average Bonchev–Trinajstić information content (AvgIpc) is 2.78. The average molecular weight is 231 g/mol. The van der Waals surface area contributed by atoms with Gasteiger partial charge in [-0.25, -0.2) is 4.98 Å². The molecule has 4 heteroatoms. The summed E-state index contributed by atoms with van der Waals surface area (Å²) in [6.45, 7) is 3.84. The van der Waals surface area contributed by atoms with Crippen LogP contribution in [0.2, 0.25) is 0 Å². The first-order valence-corrected chi connectivity index (χ1v) is 5.89. The van der Waals surface area contributed by atoms with E-state index in [0.717, 1.165) is 24.4 Å². The van der Waals surface area contributed by atoms with Gasteiger partial charge < -0.3 is 9.67 Å². The monoisotopic (exact) mass is 231 g/mol. The van der Waals surface area contributed by atoms with Gasteiger partial charge in [0.1, 0.15) is 5.82 Å². The zero-order valence-corrected chi connectivity index (χ0v) is 10.2. The van der Waals surface area contributed by atoms with Crippen LogP contribution in [0.3, 0.4) is 0 Å². The minimum atomic E-state index is -0.526. The number of aromatic nitrogens is 3. The van der Waals surface area contributed by atoms with Crippen molar-refractivity contribution in [1.29, 1.82) is 0 Å². The van der Waals surface area contributed by atoms with Crippen LogP contribution in [0.1, 0.15) is 37.9 Å². The van der Waals surface area contributed by atoms with Gasteiger partial charge in [-0.1, -0.05) is 6.92 Å². The Morgan fingerprint density at radius 1 is 1.35 bits per heavy atom. The molecule has 0 bridgehead atoms. The standard InChI is InChI=1S/C13H17N3O/c1-3-4-13-14-7-8-16(13)11-5-6-12(10(2)17)15-9-11/h5-10,17H,3-4H2,1-2H3/t10-/m0/s1. The highest BCUT2D eigenvalue weighted by molar-refractivity contribution is 5.31. The van der Waals surface area contributed by atoms with Crippen LogP contribution in [0, 0.1) is 0 Å². The van der Waals surface area contributed by atoms with Crippen LogP contribution in [0.4, 0.5) is 0 Å². The number of hydrogen-bond donors (Lipinski definition) is 1. The quantitative estimate of drug-likeness (QED) is 0.878. The van der Waals surface area contributed by atoms with Crippen molar-refractivity contribution in [3.05, 3.63) is 42.2 Å². The van der Waals surface area contributed by atoms with E-state index in [9.17, 15) is 5.11 Å². The van der Waals surface area contributed by atoms with Crippen molar-refractivity contribution in [2.75, 3.05) is 0 Å². The van der Waals surface area contributed by atoms with Gasteiger partial charge in [-0.3, -0.25) is 4.98 Å². The zero-order chi connectivity index (χ0) is 12.3. The first kappa shape index (κ1) is 11.8. The van der Waals surface area contributed by atoms with Crippen molar-refractivity contribution in [3.63, 3.8) is 0 Å². The minimum absolute atomic E-state index is 0.526. The lowest BCUT2D eigenvalue weighted by Crippen LogP contribution is -2.02. The number of aryl methyl sites for hydroxylation is 1. The highest BCUT2D eigenvalue weighted by Gasteiger charge is 2.06. The molecule has 2 aromatic rings. The molecule has 0 amide bonds. The molecule has 0 aliphatic carbocycles. The molecule has 0 fully saturated rings. The van der Waals surface area contributed by atoms with Gasteiger partial charge in [0.25, 0.3) is 0 Å². The predicted molar refractivity (Wildman–Crippen MR) is 66.0 cm³/mol. The minimum Gasteiger partial charge on any atom is -0.387 e. The van der Waals surface area contributed by atoms with E-state index in [4.69, 9.17) is 0 Å². The number of pyridine rings is 1. The summed E-state index contributed by atoms with van der Waals surface area (Å²) in [4.78, 5) is 8.56. The second kappa shape index (κ2) is 5.10. The third-order valence-corrected chi connectivity index (χ3v) is 2.67. The number of aliphatic hydroxyl groups is 1. The molecule has 2 rings (SSSR count). The van der Waals surface area contributed by atoms with E-state index >= 15 is 0 Å². The lowest BCUT2D eigenvalue weighted by Gasteiger charge is -2.08. The summed E-state index contributed by atoms with van der Waals surface area (Å²) in [5.41, 5.74) is 1.67. The number of rotatable bonds is 4. The highest BCUT2D eigenvalue weighted by Crippen LogP contribution is 2.14. The fraction of sp³-hybridized carbons (Fsp3) is 0.385. The maximum Gasteiger partial charge on any atom is 0.113 e. The highest BCUT2D eigenvalue weighted by atomic mass is 16.3. The molecule has 2 heterocycles.